The third-order valence-corrected chi connectivity index (χ3v) is 2.45. The summed E-state index contributed by atoms with van der Waals surface area (Å²) in [4.78, 5) is 24.9. The Labute approximate surface area is 107 Å². The van der Waals surface area contributed by atoms with Gasteiger partial charge in [0.15, 0.2) is 0 Å². The molecule has 0 saturated heterocycles. The third-order valence-electron chi connectivity index (χ3n) is 2.45. The van der Waals surface area contributed by atoms with E-state index >= 15 is 0 Å². The van der Waals surface area contributed by atoms with E-state index in [0.29, 0.717) is 24.6 Å². The maximum atomic E-state index is 12.2. The van der Waals surface area contributed by atoms with Crippen molar-refractivity contribution in [3.05, 3.63) is 24.2 Å². The predicted molar refractivity (Wildman–Crippen MR) is 66.1 cm³/mol. The van der Waals surface area contributed by atoms with Gasteiger partial charge < -0.3 is 14.1 Å². The zero-order valence-electron chi connectivity index (χ0n) is 11.0. The Morgan fingerprint density at radius 3 is 2.67 bits per heavy atom. The zero-order chi connectivity index (χ0) is 13.5. The van der Waals surface area contributed by atoms with Gasteiger partial charge in [-0.2, -0.15) is 0 Å². The zero-order valence-corrected chi connectivity index (χ0v) is 11.0. The average molecular weight is 253 g/mol. The lowest BCUT2D eigenvalue weighted by Gasteiger charge is -2.23. The molecule has 1 aromatic heterocycles. The van der Waals surface area contributed by atoms with Crippen LogP contribution in [0.4, 0.5) is 0 Å². The number of hydrogen-bond donors (Lipinski definition) is 0. The number of esters is 1. The molecule has 0 aliphatic rings. The monoisotopic (exact) mass is 253 g/mol. The SMILES string of the molecule is COC(=O)CCN(CC(C)C)C(=O)c1ccoc1. The van der Waals surface area contributed by atoms with Crippen molar-refractivity contribution in [1.82, 2.24) is 4.90 Å². The normalized spacial score (nSPS) is 10.4. The molecule has 5 heteroatoms. The second kappa shape index (κ2) is 6.83. The molecule has 1 rings (SSSR count). The molecule has 1 heterocycles. The lowest BCUT2D eigenvalue weighted by atomic mass is 10.2. The van der Waals surface area contributed by atoms with E-state index in [1.807, 2.05) is 13.8 Å². The number of furan rings is 1. The Morgan fingerprint density at radius 2 is 2.17 bits per heavy atom. The molecule has 18 heavy (non-hydrogen) atoms. The Bertz CT molecular complexity index is 384. The summed E-state index contributed by atoms with van der Waals surface area (Å²) in [5.74, 6) is -0.108. The van der Waals surface area contributed by atoms with Gasteiger partial charge >= 0.3 is 5.97 Å². The number of hydrogen-bond acceptors (Lipinski definition) is 4. The average Bonchev–Trinajstić information content (AvgIpc) is 2.86. The highest BCUT2D eigenvalue weighted by atomic mass is 16.5. The third kappa shape index (κ3) is 4.24. The van der Waals surface area contributed by atoms with Crippen LogP contribution >= 0.6 is 0 Å². The van der Waals surface area contributed by atoms with Gasteiger partial charge in [-0.3, -0.25) is 9.59 Å². The molecule has 0 spiro atoms. The topological polar surface area (TPSA) is 59.8 Å². The minimum Gasteiger partial charge on any atom is -0.472 e. The lowest BCUT2D eigenvalue weighted by molar-refractivity contribution is -0.140. The molecule has 0 aliphatic carbocycles. The fourth-order valence-electron chi connectivity index (χ4n) is 1.61. The van der Waals surface area contributed by atoms with Crippen LogP contribution in [-0.4, -0.2) is 37.0 Å². The van der Waals surface area contributed by atoms with Crippen molar-refractivity contribution in [2.24, 2.45) is 5.92 Å². The van der Waals surface area contributed by atoms with Crippen molar-refractivity contribution in [3.8, 4) is 0 Å². The van der Waals surface area contributed by atoms with Crippen LogP contribution in [-0.2, 0) is 9.53 Å². The van der Waals surface area contributed by atoms with Gasteiger partial charge in [0, 0.05) is 13.1 Å². The van der Waals surface area contributed by atoms with E-state index in [9.17, 15) is 9.59 Å². The van der Waals surface area contributed by atoms with Crippen LogP contribution in [0.2, 0.25) is 0 Å². The highest BCUT2D eigenvalue weighted by molar-refractivity contribution is 5.94. The van der Waals surface area contributed by atoms with Crippen LogP contribution < -0.4 is 0 Å². The Morgan fingerprint density at radius 1 is 1.44 bits per heavy atom. The fourth-order valence-corrected chi connectivity index (χ4v) is 1.61. The number of carbonyl (C=O) groups excluding carboxylic acids is 2. The summed E-state index contributed by atoms with van der Waals surface area (Å²) in [6.07, 6.45) is 3.07. The maximum absolute atomic E-state index is 12.2. The minimum atomic E-state index is -0.316. The molecule has 0 bridgehead atoms. The first-order chi connectivity index (χ1) is 8.54. The second-order valence-electron chi connectivity index (χ2n) is 4.48. The smallest absolute Gasteiger partial charge is 0.307 e. The molecule has 5 nitrogen and oxygen atoms in total. The first-order valence-corrected chi connectivity index (χ1v) is 5.93. The summed E-state index contributed by atoms with van der Waals surface area (Å²) in [5.41, 5.74) is 0.500. The van der Waals surface area contributed by atoms with Gasteiger partial charge in [-0.1, -0.05) is 13.8 Å². The van der Waals surface area contributed by atoms with Crippen LogP contribution in [0.1, 0.15) is 30.6 Å². The number of carbonyl (C=O) groups is 2. The molecule has 0 N–H and O–H groups in total. The van der Waals surface area contributed by atoms with E-state index in [-0.39, 0.29) is 18.3 Å². The van der Waals surface area contributed by atoms with Crippen LogP contribution in [0.5, 0.6) is 0 Å². The lowest BCUT2D eigenvalue weighted by Crippen LogP contribution is -2.35. The van der Waals surface area contributed by atoms with Crippen LogP contribution in [0.15, 0.2) is 23.0 Å². The van der Waals surface area contributed by atoms with Crippen molar-refractivity contribution in [2.45, 2.75) is 20.3 Å². The summed E-state index contributed by atoms with van der Waals surface area (Å²) < 4.78 is 9.48. The van der Waals surface area contributed by atoms with Gasteiger partial charge in [-0.15, -0.1) is 0 Å². The number of amides is 1. The molecular formula is C13H19NO4. The molecule has 0 aromatic carbocycles. The van der Waals surface area contributed by atoms with Gasteiger partial charge in [0.25, 0.3) is 5.91 Å². The Hall–Kier alpha value is -1.78. The number of rotatable bonds is 6. The summed E-state index contributed by atoms with van der Waals surface area (Å²) in [6, 6.07) is 1.62. The van der Waals surface area contributed by atoms with Crippen molar-refractivity contribution >= 4 is 11.9 Å². The number of methoxy groups -OCH3 is 1. The van der Waals surface area contributed by atoms with Crippen molar-refractivity contribution < 1.29 is 18.7 Å². The first kappa shape index (κ1) is 14.3. The highest BCUT2D eigenvalue weighted by Gasteiger charge is 2.18. The van der Waals surface area contributed by atoms with Crippen LogP contribution in [0, 0.1) is 5.92 Å². The molecular weight excluding hydrogens is 234 g/mol. The van der Waals surface area contributed by atoms with E-state index in [1.165, 1.54) is 19.6 Å². The van der Waals surface area contributed by atoms with Crippen molar-refractivity contribution in [2.75, 3.05) is 20.2 Å². The fraction of sp³-hybridized carbons (Fsp3) is 0.538. The molecule has 100 valence electrons. The van der Waals surface area contributed by atoms with Gasteiger partial charge in [0.1, 0.15) is 6.26 Å². The van der Waals surface area contributed by atoms with E-state index < -0.39 is 0 Å². The Kier molecular flexibility index (Phi) is 5.42. The van der Waals surface area contributed by atoms with E-state index in [2.05, 4.69) is 4.74 Å². The summed E-state index contributed by atoms with van der Waals surface area (Å²) in [6.45, 7) is 5.00. The van der Waals surface area contributed by atoms with E-state index in [1.54, 1.807) is 11.0 Å². The number of nitrogens with zero attached hydrogens (tertiary/aromatic N) is 1. The Balaban J connectivity index is 2.65. The second-order valence-corrected chi connectivity index (χ2v) is 4.48. The maximum Gasteiger partial charge on any atom is 0.307 e. The van der Waals surface area contributed by atoms with E-state index in [4.69, 9.17) is 4.42 Å². The van der Waals surface area contributed by atoms with Crippen molar-refractivity contribution in [3.63, 3.8) is 0 Å². The largest absolute Gasteiger partial charge is 0.472 e. The predicted octanol–water partition coefficient (Wildman–Crippen LogP) is 1.94. The molecule has 0 atom stereocenters. The van der Waals surface area contributed by atoms with Crippen molar-refractivity contribution in [1.29, 1.82) is 0 Å². The standard InChI is InChI=1S/C13H19NO4/c1-10(2)8-14(6-4-12(15)17-3)13(16)11-5-7-18-9-11/h5,7,9-10H,4,6,8H2,1-3H3. The molecule has 0 fully saturated rings. The first-order valence-electron chi connectivity index (χ1n) is 5.93. The van der Waals surface area contributed by atoms with Gasteiger partial charge in [0.2, 0.25) is 0 Å². The van der Waals surface area contributed by atoms with Crippen LogP contribution in [0.25, 0.3) is 0 Å². The quantitative estimate of drug-likeness (QED) is 0.727. The summed E-state index contributed by atoms with van der Waals surface area (Å²) in [5, 5.41) is 0. The molecule has 1 amide bonds. The van der Waals surface area contributed by atoms with Gasteiger partial charge in [-0.05, 0) is 12.0 Å². The molecule has 1 aromatic rings. The van der Waals surface area contributed by atoms with E-state index in [0.717, 1.165) is 0 Å². The summed E-state index contributed by atoms with van der Waals surface area (Å²) >= 11 is 0. The van der Waals surface area contributed by atoms with Gasteiger partial charge in [0.05, 0.1) is 25.4 Å². The van der Waals surface area contributed by atoms with Gasteiger partial charge in [-0.25, -0.2) is 0 Å². The molecule has 0 unspecified atom stereocenters. The molecule has 0 saturated carbocycles. The molecule has 0 aliphatic heterocycles. The summed E-state index contributed by atoms with van der Waals surface area (Å²) in [7, 11) is 1.34. The highest BCUT2D eigenvalue weighted by Crippen LogP contribution is 2.09. The number of ether oxygens (including phenoxy) is 1. The minimum absolute atomic E-state index is 0.124. The van der Waals surface area contributed by atoms with Crippen LogP contribution in [0.3, 0.4) is 0 Å². The molecule has 0 radical (unpaired) electrons.